The summed E-state index contributed by atoms with van der Waals surface area (Å²) in [7, 11) is 0. The topological polar surface area (TPSA) is 66.4 Å². The molecule has 2 rings (SSSR count). The molecule has 112 valence electrons. The van der Waals surface area contributed by atoms with E-state index in [9.17, 15) is 9.59 Å². The number of benzene rings is 1. The van der Waals surface area contributed by atoms with E-state index >= 15 is 0 Å². The third-order valence-electron chi connectivity index (χ3n) is 3.78. The highest BCUT2D eigenvalue weighted by atomic mass is 16.4. The van der Waals surface area contributed by atoms with Crippen LogP contribution in [0.25, 0.3) is 0 Å². The lowest BCUT2D eigenvalue weighted by Gasteiger charge is -2.21. The summed E-state index contributed by atoms with van der Waals surface area (Å²) < 4.78 is 0. The molecule has 1 aromatic carbocycles. The van der Waals surface area contributed by atoms with Crippen molar-refractivity contribution < 1.29 is 14.7 Å². The van der Waals surface area contributed by atoms with Gasteiger partial charge in [-0.25, -0.2) is 0 Å². The molecule has 0 saturated carbocycles. The van der Waals surface area contributed by atoms with Gasteiger partial charge in [0.2, 0.25) is 5.91 Å². The Morgan fingerprint density at radius 1 is 1.19 bits per heavy atom. The molecule has 0 bridgehead atoms. The maximum absolute atomic E-state index is 12.3. The van der Waals surface area contributed by atoms with Gasteiger partial charge in [-0.2, -0.15) is 0 Å². The fourth-order valence-corrected chi connectivity index (χ4v) is 2.65. The molecule has 1 amide bonds. The van der Waals surface area contributed by atoms with Crippen molar-refractivity contribution in [3.8, 4) is 0 Å². The van der Waals surface area contributed by atoms with Crippen LogP contribution in [-0.4, -0.2) is 17.0 Å². The molecular weight excluding hydrogens is 266 g/mol. The van der Waals surface area contributed by atoms with Crippen molar-refractivity contribution >= 4 is 11.9 Å². The van der Waals surface area contributed by atoms with E-state index < -0.39 is 11.9 Å². The highest BCUT2D eigenvalue weighted by Gasteiger charge is 2.26. The second kappa shape index (κ2) is 7.62. The summed E-state index contributed by atoms with van der Waals surface area (Å²) in [4.78, 5) is 23.4. The quantitative estimate of drug-likeness (QED) is 0.791. The van der Waals surface area contributed by atoms with Crippen molar-refractivity contribution in [3.05, 3.63) is 47.5 Å². The number of aliphatic carboxylic acids is 1. The first-order valence-corrected chi connectivity index (χ1v) is 7.39. The molecule has 4 nitrogen and oxygen atoms in total. The maximum Gasteiger partial charge on any atom is 0.304 e. The largest absolute Gasteiger partial charge is 0.481 e. The van der Waals surface area contributed by atoms with Crippen LogP contribution in [0.4, 0.5) is 0 Å². The highest BCUT2D eigenvalue weighted by Crippen LogP contribution is 2.26. The zero-order valence-corrected chi connectivity index (χ0v) is 12.0. The Kier molecular flexibility index (Phi) is 5.55. The minimum atomic E-state index is -0.929. The fraction of sp³-hybridized carbons (Fsp3) is 0.412. The van der Waals surface area contributed by atoms with Crippen molar-refractivity contribution in [1.29, 1.82) is 0 Å². The lowest BCUT2D eigenvalue weighted by molar-refractivity contribution is -0.140. The molecule has 1 aliphatic rings. The van der Waals surface area contributed by atoms with Gasteiger partial charge in [0.05, 0.1) is 12.3 Å². The van der Waals surface area contributed by atoms with Crippen LogP contribution in [0.2, 0.25) is 0 Å². The normalized spacial score (nSPS) is 15.9. The predicted octanol–water partition coefficient (Wildman–Crippen LogP) is 2.89. The number of carboxylic acids is 1. The molecule has 21 heavy (non-hydrogen) atoms. The molecule has 2 N–H and O–H groups in total. The van der Waals surface area contributed by atoms with Gasteiger partial charge in [-0.1, -0.05) is 42.0 Å². The monoisotopic (exact) mass is 287 g/mol. The average molecular weight is 287 g/mol. The van der Waals surface area contributed by atoms with Crippen LogP contribution >= 0.6 is 0 Å². The minimum Gasteiger partial charge on any atom is -0.481 e. The standard InChI is InChI=1S/C17H21NO3/c19-16(20)11-15(14-9-5-2-6-10-14)17(21)18-12-13-7-3-1-4-8-13/h1,3-4,7-9,15H,2,5-6,10-12H2,(H,18,21)(H,19,20)/t15-/m0/s1. The number of allylic oxidation sites excluding steroid dienone is 1. The smallest absolute Gasteiger partial charge is 0.304 e. The van der Waals surface area contributed by atoms with Gasteiger partial charge in [0.25, 0.3) is 0 Å². The van der Waals surface area contributed by atoms with Crippen molar-refractivity contribution in [3.63, 3.8) is 0 Å². The number of hydrogen-bond acceptors (Lipinski definition) is 2. The Bertz CT molecular complexity index is 522. The lowest BCUT2D eigenvalue weighted by Crippen LogP contribution is -2.33. The van der Waals surface area contributed by atoms with Gasteiger partial charge in [-0.3, -0.25) is 9.59 Å². The van der Waals surface area contributed by atoms with Gasteiger partial charge < -0.3 is 10.4 Å². The summed E-state index contributed by atoms with van der Waals surface area (Å²) in [6, 6.07) is 9.63. The number of hydrogen-bond donors (Lipinski definition) is 2. The Hall–Kier alpha value is -2.10. The maximum atomic E-state index is 12.3. The van der Waals surface area contributed by atoms with Gasteiger partial charge in [-0.05, 0) is 31.2 Å². The van der Waals surface area contributed by atoms with Crippen molar-refractivity contribution in [2.45, 2.75) is 38.6 Å². The number of carbonyl (C=O) groups is 2. The minimum absolute atomic E-state index is 0.132. The zero-order valence-electron chi connectivity index (χ0n) is 12.0. The van der Waals surface area contributed by atoms with Gasteiger partial charge in [0.15, 0.2) is 0 Å². The summed E-state index contributed by atoms with van der Waals surface area (Å²) >= 11 is 0. The molecule has 0 spiro atoms. The molecule has 1 aliphatic carbocycles. The molecule has 4 heteroatoms. The fourth-order valence-electron chi connectivity index (χ4n) is 2.65. The molecular formula is C17H21NO3. The molecule has 0 radical (unpaired) electrons. The molecule has 0 heterocycles. The zero-order chi connectivity index (χ0) is 15.1. The van der Waals surface area contributed by atoms with E-state index in [4.69, 9.17) is 5.11 Å². The summed E-state index contributed by atoms with van der Waals surface area (Å²) in [5.74, 6) is -1.65. The molecule has 0 saturated heterocycles. The average Bonchev–Trinajstić information content (AvgIpc) is 2.52. The number of carbonyl (C=O) groups excluding carboxylic acids is 1. The third kappa shape index (κ3) is 4.74. The number of nitrogens with one attached hydrogen (secondary N) is 1. The summed E-state index contributed by atoms with van der Waals surface area (Å²) in [5.41, 5.74) is 1.99. The van der Waals surface area contributed by atoms with Crippen molar-refractivity contribution in [2.24, 2.45) is 5.92 Å². The summed E-state index contributed by atoms with van der Waals surface area (Å²) in [5, 5.41) is 11.9. The Morgan fingerprint density at radius 3 is 2.57 bits per heavy atom. The Morgan fingerprint density at radius 2 is 1.95 bits per heavy atom. The van der Waals surface area contributed by atoms with E-state index in [-0.39, 0.29) is 12.3 Å². The van der Waals surface area contributed by atoms with Crippen molar-refractivity contribution in [1.82, 2.24) is 5.32 Å². The molecule has 0 aromatic heterocycles. The first-order valence-electron chi connectivity index (χ1n) is 7.39. The van der Waals surface area contributed by atoms with Gasteiger partial charge in [0.1, 0.15) is 0 Å². The van der Waals surface area contributed by atoms with E-state index in [1.807, 2.05) is 36.4 Å². The van der Waals surface area contributed by atoms with E-state index in [0.717, 1.165) is 36.8 Å². The highest BCUT2D eigenvalue weighted by molar-refractivity contribution is 5.85. The number of carboxylic acid groups (broad SMARTS) is 1. The Labute approximate surface area is 124 Å². The van der Waals surface area contributed by atoms with Gasteiger partial charge in [0, 0.05) is 6.54 Å². The molecule has 1 atom stereocenters. The first kappa shape index (κ1) is 15.3. The van der Waals surface area contributed by atoms with Crippen LogP contribution in [0, 0.1) is 5.92 Å². The molecule has 1 aromatic rings. The second-order valence-corrected chi connectivity index (χ2v) is 5.38. The van der Waals surface area contributed by atoms with Crippen LogP contribution in [0.15, 0.2) is 42.0 Å². The van der Waals surface area contributed by atoms with Crippen LogP contribution in [0.1, 0.15) is 37.7 Å². The third-order valence-corrected chi connectivity index (χ3v) is 3.78. The molecule has 0 aliphatic heterocycles. The van der Waals surface area contributed by atoms with Crippen LogP contribution in [-0.2, 0) is 16.1 Å². The molecule has 0 unspecified atom stereocenters. The SMILES string of the molecule is O=C(O)C[C@H](C(=O)NCc1ccccc1)C1=CCCCC1. The van der Waals surface area contributed by atoms with Gasteiger partial charge >= 0.3 is 5.97 Å². The first-order chi connectivity index (χ1) is 10.2. The summed E-state index contributed by atoms with van der Waals surface area (Å²) in [6.07, 6.45) is 5.84. The second-order valence-electron chi connectivity index (χ2n) is 5.38. The van der Waals surface area contributed by atoms with Gasteiger partial charge in [-0.15, -0.1) is 0 Å². The Balaban J connectivity index is 2.00. The number of rotatable bonds is 6. The van der Waals surface area contributed by atoms with E-state index in [0.29, 0.717) is 6.54 Å². The number of amides is 1. The van der Waals surface area contributed by atoms with E-state index in [1.165, 1.54) is 0 Å². The molecule has 0 fully saturated rings. The van der Waals surface area contributed by atoms with E-state index in [2.05, 4.69) is 5.32 Å². The summed E-state index contributed by atoms with van der Waals surface area (Å²) in [6.45, 7) is 0.434. The lowest BCUT2D eigenvalue weighted by atomic mass is 9.86. The predicted molar refractivity (Wildman–Crippen MR) is 80.6 cm³/mol. The van der Waals surface area contributed by atoms with Crippen LogP contribution in [0.3, 0.4) is 0 Å². The van der Waals surface area contributed by atoms with Crippen LogP contribution in [0.5, 0.6) is 0 Å². The van der Waals surface area contributed by atoms with E-state index in [1.54, 1.807) is 0 Å². The van der Waals surface area contributed by atoms with Crippen LogP contribution < -0.4 is 5.32 Å². The van der Waals surface area contributed by atoms with Crippen molar-refractivity contribution in [2.75, 3.05) is 0 Å².